The van der Waals surface area contributed by atoms with Crippen molar-refractivity contribution in [1.29, 1.82) is 0 Å². The Kier molecular flexibility index (Phi) is 4.08. The van der Waals surface area contributed by atoms with E-state index < -0.39 is 11.9 Å². The summed E-state index contributed by atoms with van der Waals surface area (Å²) in [6.45, 7) is 1.67. The Morgan fingerprint density at radius 1 is 1.19 bits per heavy atom. The smallest absolute Gasteiger partial charge is 0.239 e. The second-order valence-corrected chi connectivity index (χ2v) is 6.12. The molecule has 4 aromatic rings. The third-order valence-electron chi connectivity index (χ3n) is 4.28. The van der Waals surface area contributed by atoms with Gasteiger partial charge in [-0.25, -0.2) is 9.97 Å². The summed E-state index contributed by atoms with van der Waals surface area (Å²) in [6.07, 6.45) is 0. The first-order valence-corrected chi connectivity index (χ1v) is 8.42. The number of fused-ring (bicyclic) bond motifs is 3. The van der Waals surface area contributed by atoms with Crippen LogP contribution in [0.5, 0.6) is 5.75 Å². The fraction of sp³-hybridized carbons (Fsp3) is 0.158. The number of carbonyl (C=O) groups is 1. The second-order valence-electron chi connectivity index (χ2n) is 6.12. The summed E-state index contributed by atoms with van der Waals surface area (Å²) in [5.74, 6) is 1.17. The van der Waals surface area contributed by atoms with Gasteiger partial charge in [-0.3, -0.25) is 4.79 Å². The number of ether oxygens (including phenoxy) is 1. The SMILES string of the molecule is COc1cccc(-c2nc3c4ccccc4nc(NC(C)C(N)=O)n3n2)c1. The van der Waals surface area contributed by atoms with E-state index in [1.807, 2.05) is 48.5 Å². The van der Waals surface area contributed by atoms with Gasteiger partial charge in [-0.2, -0.15) is 4.52 Å². The molecule has 8 heteroatoms. The molecule has 0 fully saturated rings. The minimum atomic E-state index is -0.605. The Labute approximate surface area is 155 Å². The van der Waals surface area contributed by atoms with Gasteiger partial charge in [0.05, 0.1) is 12.6 Å². The highest BCUT2D eigenvalue weighted by Crippen LogP contribution is 2.26. The lowest BCUT2D eigenvalue weighted by Gasteiger charge is -2.12. The van der Waals surface area contributed by atoms with Crippen LogP contribution >= 0.6 is 0 Å². The number of hydrogen-bond acceptors (Lipinski definition) is 6. The molecule has 1 amide bonds. The summed E-state index contributed by atoms with van der Waals surface area (Å²) in [5.41, 5.74) is 7.58. The summed E-state index contributed by atoms with van der Waals surface area (Å²) in [7, 11) is 1.61. The van der Waals surface area contributed by atoms with Crippen LogP contribution in [0.2, 0.25) is 0 Å². The maximum atomic E-state index is 11.5. The first-order valence-electron chi connectivity index (χ1n) is 8.42. The number of carbonyl (C=O) groups excluding carboxylic acids is 1. The van der Waals surface area contributed by atoms with Crippen molar-refractivity contribution < 1.29 is 9.53 Å². The van der Waals surface area contributed by atoms with E-state index in [0.717, 1.165) is 22.2 Å². The molecule has 2 aromatic carbocycles. The molecule has 0 spiro atoms. The number of methoxy groups -OCH3 is 1. The van der Waals surface area contributed by atoms with Crippen molar-refractivity contribution in [3.05, 3.63) is 48.5 Å². The highest BCUT2D eigenvalue weighted by atomic mass is 16.5. The average molecular weight is 362 g/mol. The maximum Gasteiger partial charge on any atom is 0.239 e. The number of nitrogens with one attached hydrogen (secondary N) is 1. The molecule has 0 saturated heterocycles. The van der Waals surface area contributed by atoms with Crippen LogP contribution in [0.1, 0.15) is 6.92 Å². The van der Waals surface area contributed by atoms with Crippen LogP contribution < -0.4 is 15.8 Å². The Morgan fingerprint density at radius 3 is 2.78 bits per heavy atom. The molecule has 4 rings (SSSR count). The quantitative estimate of drug-likeness (QED) is 0.564. The molecule has 0 aliphatic rings. The van der Waals surface area contributed by atoms with Crippen LogP contribution in [0.25, 0.3) is 27.9 Å². The molecule has 136 valence electrons. The van der Waals surface area contributed by atoms with E-state index in [2.05, 4.69) is 15.4 Å². The summed E-state index contributed by atoms with van der Waals surface area (Å²) in [5, 5.41) is 8.47. The molecule has 0 bridgehead atoms. The number of anilines is 1. The fourth-order valence-corrected chi connectivity index (χ4v) is 2.80. The van der Waals surface area contributed by atoms with E-state index in [4.69, 9.17) is 15.5 Å². The molecular formula is C19H18N6O2. The van der Waals surface area contributed by atoms with E-state index >= 15 is 0 Å². The molecule has 0 radical (unpaired) electrons. The topological polar surface area (TPSA) is 107 Å². The van der Waals surface area contributed by atoms with Crippen LogP contribution in [0.3, 0.4) is 0 Å². The normalized spacial score (nSPS) is 12.2. The highest BCUT2D eigenvalue weighted by Gasteiger charge is 2.17. The Balaban J connectivity index is 1.94. The molecule has 1 unspecified atom stereocenters. The van der Waals surface area contributed by atoms with Crippen molar-refractivity contribution in [2.24, 2.45) is 5.73 Å². The van der Waals surface area contributed by atoms with Gasteiger partial charge in [-0.15, -0.1) is 5.10 Å². The van der Waals surface area contributed by atoms with Gasteiger partial charge in [0.1, 0.15) is 11.8 Å². The van der Waals surface area contributed by atoms with Gasteiger partial charge in [0.15, 0.2) is 11.5 Å². The zero-order valence-electron chi connectivity index (χ0n) is 14.9. The van der Waals surface area contributed by atoms with Gasteiger partial charge in [0.2, 0.25) is 11.9 Å². The maximum absolute atomic E-state index is 11.5. The Hall–Kier alpha value is -3.68. The predicted octanol–water partition coefficient (Wildman–Crippen LogP) is 2.24. The average Bonchev–Trinajstić information content (AvgIpc) is 3.14. The predicted molar refractivity (Wildman–Crippen MR) is 103 cm³/mol. The molecule has 8 nitrogen and oxygen atoms in total. The van der Waals surface area contributed by atoms with Crippen molar-refractivity contribution in [2.75, 3.05) is 12.4 Å². The van der Waals surface area contributed by atoms with Crippen molar-refractivity contribution >= 4 is 28.4 Å². The molecule has 27 heavy (non-hydrogen) atoms. The molecule has 0 aliphatic carbocycles. The Bertz CT molecular complexity index is 1150. The number of amides is 1. The van der Waals surface area contributed by atoms with Crippen molar-refractivity contribution in [3.63, 3.8) is 0 Å². The fourth-order valence-electron chi connectivity index (χ4n) is 2.80. The summed E-state index contributed by atoms with van der Waals surface area (Å²) < 4.78 is 6.88. The van der Waals surface area contributed by atoms with Crippen LogP contribution in [-0.4, -0.2) is 38.6 Å². The van der Waals surface area contributed by atoms with E-state index in [9.17, 15) is 4.79 Å². The molecule has 2 heterocycles. The molecular weight excluding hydrogens is 344 g/mol. The molecule has 0 aliphatic heterocycles. The lowest BCUT2D eigenvalue weighted by atomic mass is 10.2. The zero-order valence-corrected chi connectivity index (χ0v) is 14.9. The number of nitrogens with zero attached hydrogens (tertiary/aromatic N) is 4. The van der Waals surface area contributed by atoms with Gasteiger partial charge in [0, 0.05) is 10.9 Å². The monoisotopic (exact) mass is 362 g/mol. The highest BCUT2D eigenvalue weighted by molar-refractivity contribution is 5.93. The summed E-state index contributed by atoms with van der Waals surface area (Å²) >= 11 is 0. The zero-order chi connectivity index (χ0) is 19.0. The lowest BCUT2D eigenvalue weighted by Crippen LogP contribution is -2.33. The van der Waals surface area contributed by atoms with E-state index in [0.29, 0.717) is 17.4 Å². The van der Waals surface area contributed by atoms with Crippen LogP contribution in [0.15, 0.2) is 48.5 Å². The first kappa shape index (κ1) is 16.8. The third kappa shape index (κ3) is 3.01. The van der Waals surface area contributed by atoms with E-state index in [1.165, 1.54) is 0 Å². The van der Waals surface area contributed by atoms with Gasteiger partial charge >= 0.3 is 0 Å². The van der Waals surface area contributed by atoms with Gasteiger partial charge in [-0.1, -0.05) is 24.3 Å². The summed E-state index contributed by atoms with van der Waals surface area (Å²) in [6, 6.07) is 14.5. The molecule has 2 aromatic heterocycles. The summed E-state index contributed by atoms with van der Waals surface area (Å²) in [4.78, 5) is 20.8. The van der Waals surface area contributed by atoms with Gasteiger partial charge < -0.3 is 15.8 Å². The first-order chi connectivity index (χ1) is 13.1. The minimum absolute atomic E-state index is 0.400. The number of para-hydroxylation sites is 1. The third-order valence-corrected chi connectivity index (χ3v) is 4.28. The van der Waals surface area contributed by atoms with Crippen molar-refractivity contribution in [2.45, 2.75) is 13.0 Å². The Morgan fingerprint density at radius 2 is 2.00 bits per heavy atom. The molecule has 1 atom stereocenters. The van der Waals surface area contributed by atoms with Crippen molar-refractivity contribution in [1.82, 2.24) is 19.6 Å². The van der Waals surface area contributed by atoms with E-state index in [-0.39, 0.29) is 0 Å². The van der Waals surface area contributed by atoms with E-state index in [1.54, 1.807) is 18.5 Å². The number of nitrogens with two attached hydrogens (primary N) is 1. The minimum Gasteiger partial charge on any atom is -0.497 e. The number of hydrogen-bond donors (Lipinski definition) is 2. The van der Waals surface area contributed by atoms with Crippen molar-refractivity contribution in [3.8, 4) is 17.1 Å². The van der Waals surface area contributed by atoms with Crippen LogP contribution in [-0.2, 0) is 4.79 Å². The largest absolute Gasteiger partial charge is 0.497 e. The van der Waals surface area contributed by atoms with Crippen LogP contribution in [0, 0.1) is 0 Å². The number of aromatic nitrogens is 4. The lowest BCUT2D eigenvalue weighted by molar-refractivity contribution is -0.118. The number of rotatable bonds is 5. The van der Waals surface area contributed by atoms with Gasteiger partial charge in [0.25, 0.3) is 0 Å². The molecule has 3 N–H and O–H groups in total. The standard InChI is InChI=1S/C19H18N6O2/c1-11(16(20)26)21-19-22-15-9-4-3-8-14(15)18-23-17(24-25(18)19)12-6-5-7-13(10-12)27-2/h3-11H,1-2H3,(H2,20,26)(H,21,22). The molecule has 0 saturated carbocycles. The van der Waals surface area contributed by atoms with Crippen LogP contribution in [0.4, 0.5) is 5.95 Å². The second kappa shape index (κ2) is 6.56. The van der Waals surface area contributed by atoms with Gasteiger partial charge in [-0.05, 0) is 31.2 Å². The number of primary amides is 1. The number of benzene rings is 2.